The van der Waals surface area contributed by atoms with E-state index in [-0.39, 0.29) is 29.6 Å². The van der Waals surface area contributed by atoms with Crippen LogP contribution in [0.2, 0.25) is 5.02 Å². The van der Waals surface area contributed by atoms with E-state index in [1.165, 1.54) is 18.2 Å². The van der Waals surface area contributed by atoms with Gasteiger partial charge in [-0.05, 0) is 48.6 Å². The van der Waals surface area contributed by atoms with Crippen molar-refractivity contribution in [1.82, 2.24) is 0 Å². The molecule has 0 unspecified atom stereocenters. The lowest BCUT2D eigenvalue weighted by molar-refractivity contribution is 0.224. The van der Waals surface area contributed by atoms with E-state index in [0.29, 0.717) is 22.5 Å². The third-order valence-electron chi connectivity index (χ3n) is 5.87. The van der Waals surface area contributed by atoms with E-state index in [1.54, 1.807) is 18.2 Å². The maximum atomic E-state index is 15.1. The first-order valence-corrected chi connectivity index (χ1v) is 12.1. The van der Waals surface area contributed by atoms with Gasteiger partial charge in [0.05, 0.1) is 17.3 Å². The molecule has 0 amide bonds. The highest BCUT2D eigenvalue weighted by Gasteiger charge is 2.25. The van der Waals surface area contributed by atoms with Crippen LogP contribution in [0.3, 0.4) is 0 Å². The molecule has 4 rings (SSSR count). The molecule has 2 aliphatic heterocycles. The van der Waals surface area contributed by atoms with Crippen molar-refractivity contribution in [2.75, 3.05) is 16.4 Å². The van der Waals surface area contributed by atoms with Crippen LogP contribution < -0.4 is 4.90 Å². The monoisotopic (exact) mass is 495 g/mol. The van der Waals surface area contributed by atoms with Crippen molar-refractivity contribution in [3.05, 3.63) is 76.5 Å². The van der Waals surface area contributed by atoms with E-state index in [2.05, 4.69) is 16.8 Å². The normalized spacial score (nSPS) is 16.7. The summed E-state index contributed by atoms with van der Waals surface area (Å²) >= 11 is 7.92. The summed E-state index contributed by atoms with van der Waals surface area (Å²) in [5, 5.41) is 7.25. The Balaban J connectivity index is 1.59. The summed E-state index contributed by atoms with van der Waals surface area (Å²) in [6.45, 7) is 4.46. The lowest BCUT2D eigenvalue weighted by atomic mass is 9.97. The van der Waals surface area contributed by atoms with Gasteiger partial charge in [0.25, 0.3) is 6.43 Å². The SMILES string of the molecule is C=C(C1CCSCC1)N(Cc1ccc(C2=NN=C(C(F)F)C2)cc1F)c1ccc(F)c(Cl)c1. The van der Waals surface area contributed by atoms with Crippen LogP contribution in [-0.4, -0.2) is 29.4 Å². The molecule has 3 nitrogen and oxygen atoms in total. The molecule has 33 heavy (non-hydrogen) atoms. The number of hydrogen-bond donors (Lipinski definition) is 0. The summed E-state index contributed by atoms with van der Waals surface area (Å²) in [6.07, 6.45) is -0.867. The fourth-order valence-corrected chi connectivity index (χ4v) is 5.22. The van der Waals surface area contributed by atoms with E-state index in [4.69, 9.17) is 11.6 Å². The highest BCUT2D eigenvalue weighted by Crippen LogP contribution is 2.35. The molecule has 0 radical (unpaired) electrons. The van der Waals surface area contributed by atoms with Crippen molar-refractivity contribution in [3.63, 3.8) is 0 Å². The van der Waals surface area contributed by atoms with E-state index in [1.807, 2.05) is 16.7 Å². The minimum Gasteiger partial charge on any atom is -0.341 e. The van der Waals surface area contributed by atoms with Gasteiger partial charge in [0.2, 0.25) is 0 Å². The molecular weight excluding hydrogens is 474 g/mol. The second-order valence-corrected chi connectivity index (χ2v) is 9.62. The Bertz CT molecular complexity index is 1110. The van der Waals surface area contributed by atoms with Gasteiger partial charge in [0.1, 0.15) is 17.3 Å². The van der Waals surface area contributed by atoms with Crippen LogP contribution in [0.1, 0.15) is 30.4 Å². The average molecular weight is 496 g/mol. The first kappa shape index (κ1) is 23.8. The molecule has 9 heteroatoms. The largest absolute Gasteiger partial charge is 0.341 e. The van der Waals surface area contributed by atoms with E-state index in [9.17, 15) is 13.2 Å². The molecule has 174 valence electrons. The van der Waals surface area contributed by atoms with Gasteiger partial charge in [-0.15, -0.1) is 0 Å². The van der Waals surface area contributed by atoms with Gasteiger partial charge >= 0.3 is 0 Å². The number of hydrogen-bond acceptors (Lipinski definition) is 4. The molecule has 2 aromatic rings. The van der Waals surface area contributed by atoms with Gasteiger partial charge in [-0.3, -0.25) is 0 Å². The Hall–Kier alpha value is -2.32. The Morgan fingerprint density at radius 1 is 1.09 bits per heavy atom. The van der Waals surface area contributed by atoms with Crippen LogP contribution in [0.25, 0.3) is 0 Å². The highest BCUT2D eigenvalue weighted by molar-refractivity contribution is 7.99. The zero-order chi connectivity index (χ0) is 23.5. The van der Waals surface area contributed by atoms with Crippen molar-refractivity contribution in [3.8, 4) is 0 Å². The minimum absolute atomic E-state index is 0.0191. The summed E-state index contributed by atoms with van der Waals surface area (Å²) in [5.41, 5.74) is 2.24. The first-order valence-electron chi connectivity index (χ1n) is 10.5. The molecule has 1 saturated heterocycles. The predicted octanol–water partition coefficient (Wildman–Crippen LogP) is 7.10. The fraction of sp³-hybridized carbons (Fsp3) is 0.333. The van der Waals surface area contributed by atoms with Crippen molar-refractivity contribution in [1.29, 1.82) is 0 Å². The molecule has 2 aliphatic rings. The standard InChI is InChI=1S/C24H22ClF4N3S/c1-14(15-6-8-33-9-7-15)32(18-4-5-20(26)19(25)11-18)13-17-3-2-16(10-21(17)27)22-12-23(24(28)29)31-30-22/h2-5,10-11,15,24H,1,6-9,12-13H2. The number of halogens is 5. The third-order valence-corrected chi connectivity index (χ3v) is 7.21. The lowest BCUT2D eigenvalue weighted by Gasteiger charge is -2.34. The quantitative estimate of drug-likeness (QED) is 0.383. The fourth-order valence-electron chi connectivity index (χ4n) is 3.94. The van der Waals surface area contributed by atoms with Gasteiger partial charge in [-0.2, -0.15) is 22.0 Å². The number of thioether (sulfide) groups is 1. The van der Waals surface area contributed by atoms with Crippen LogP contribution in [0, 0.1) is 17.6 Å². The summed E-state index contributed by atoms with van der Waals surface area (Å²) in [6, 6.07) is 8.95. The zero-order valence-electron chi connectivity index (χ0n) is 17.7. The maximum absolute atomic E-state index is 15.1. The minimum atomic E-state index is -2.68. The average Bonchev–Trinajstić information content (AvgIpc) is 3.31. The molecule has 0 saturated carbocycles. The molecule has 2 heterocycles. The highest BCUT2D eigenvalue weighted by atomic mass is 35.5. The van der Waals surface area contributed by atoms with Crippen LogP contribution in [-0.2, 0) is 6.54 Å². The topological polar surface area (TPSA) is 28.0 Å². The van der Waals surface area contributed by atoms with E-state index >= 15 is 4.39 Å². The van der Waals surface area contributed by atoms with Gasteiger partial charge < -0.3 is 4.90 Å². The van der Waals surface area contributed by atoms with Crippen LogP contribution in [0.4, 0.5) is 23.2 Å². The third kappa shape index (κ3) is 5.44. The van der Waals surface area contributed by atoms with Crippen molar-refractivity contribution in [2.45, 2.75) is 32.2 Å². The Labute approximate surface area is 199 Å². The smallest absolute Gasteiger partial charge is 0.278 e. The molecule has 0 atom stereocenters. The number of nitrogens with zero attached hydrogens (tertiary/aromatic N) is 3. The van der Waals surface area contributed by atoms with Crippen molar-refractivity contribution >= 4 is 40.5 Å². The van der Waals surface area contributed by atoms with Crippen LogP contribution in [0.15, 0.2) is 58.9 Å². The van der Waals surface area contributed by atoms with Crippen LogP contribution >= 0.6 is 23.4 Å². The second-order valence-electron chi connectivity index (χ2n) is 7.98. The number of allylic oxidation sites excluding steroid dienone is 1. The molecule has 0 aromatic heterocycles. The number of benzene rings is 2. The maximum Gasteiger partial charge on any atom is 0.278 e. The molecule has 0 N–H and O–H groups in total. The molecule has 0 bridgehead atoms. The summed E-state index contributed by atoms with van der Waals surface area (Å²) in [4.78, 5) is 1.87. The molecule has 1 fully saturated rings. The zero-order valence-corrected chi connectivity index (χ0v) is 19.3. The van der Waals surface area contributed by atoms with Gasteiger partial charge in [0.15, 0.2) is 0 Å². The van der Waals surface area contributed by atoms with E-state index < -0.39 is 18.1 Å². The molecule has 0 aliphatic carbocycles. The molecular formula is C24H22ClF4N3S. The number of alkyl halides is 2. The molecule has 2 aromatic carbocycles. The van der Waals surface area contributed by atoms with Crippen molar-refractivity contribution in [2.24, 2.45) is 16.1 Å². The van der Waals surface area contributed by atoms with Gasteiger partial charge in [-0.1, -0.05) is 30.3 Å². The number of anilines is 1. The second kappa shape index (κ2) is 10.3. The summed E-state index contributed by atoms with van der Waals surface area (Å²) in [7, 11) is 0. The first-order chi connectivity index (χ1) is 15.8. The van der Waals surface area contributed by atoms with Gasteiger partial charge in [0, 0.05) is 34.9 Å². The summed E-state index contributed by atoms with van der Waals surface area (Å²) in [5.74, 6) is 1.25. The Morgan fingerprint density at radius 2 is 1.85 bits per heavy atom. The van der Waals surface area contributed by atoms with Gasteiger partial charge in [-0.25, -0.2) is 17.6 Å². The Kier molecular flexibility index (Phi) is 7.44. The predicted molar refractivity (Wildman–Crippen MR) is 128 cm³/mol. The van der Waals surface area contributed by atoms with Crippen LogP contribution in [0.5, 0.6) is 0 Å². The lowest BCUT2D eigenvalue weighted by Crippen LogP contribution is -2.28. The van der Waals surface area contributed by atoms with E-state index in [0.717, 1.165) is 30.0 Å². The Morgan fingerprint density at radius 3 is 2.48 bits per heavy atom. The summed E-state index contributed by atoms with van der Waals surface area (Å²) < 4.78 is 54.5. The number of rotatable bonds is 7. The van der Waals surface area contributed by atoms with Crippen molar-refractivity contribution < 1.29 is 17.6 Å². The molecule has 0 spiro atoms.